The minimum atomic E-state index is -0.512. The highest BCUT2D eigenvalue weighted by Gasteiger charge is 2.20. The lowest BCUT2D eigenvalue weighted by Gasteiger charge is -2.35. The molecule has 1 unspecified atom stereocenters. The normalized spacial score (nSPS) is 16.8. The number of hydrogen-bond acceptors (Lipinski definition) is 6. The van der Waals surface area contributed by atoms with Crippen molar-refractivity contribution in [1.29, 1.82) is 0 Å². The van der Waals surface area contributed by atoms with Crippen LogP contribution in [0.25, 0.3) is 0 Å². The molecule has 0 amide bonds. The lowest BCUT2D eigenvalue weighted by Crippen LogP contribution is -2.49. The second kappa shape index (κ2) is 9.10. The molecule has 2 heterocycles. The number of benzene rings is 1. The standard InChI is InChI=1S/C18H23ClN4O2/c19-17-5-2-1-4-15(17)13-25-14-16(24)12-22-8-10-23(11-9-22)18-20-6-3-7-21-18/h1-7,16,24H,8-14H2. The van der Waals surface area contributed by atoms with Crippen molar-refractivity contribution >= 4 is 17.5 Å². The van der Waals surface area contributed by atoms with Crippen molar-refractivity contribution in [2.75, 3.05) is 44.2 Å². The van der Waals surface area contributed by atoms with Crippen LogP contribution in [-0.2, 0) is 11.3 Å². The van der Waals surface area contributed by atoms with Gasteiger partial charge in [0.1, 0.15) is 0 Å². The quantitative estimate of drug-likeness (QED) is 0.810. The first-order valence-corrected chi connectivity index (χ1v) is 8.83. The van der Waals surface area contributed by atoms with Crippen LogP contribution in [0, 0.1) is 0 Å². The molecule has 1 aromatic heterocycles. The second-order valence-electron chi connectivity index (χ2n) is 6.10. The molecule has 1 aromatic carbocycles. The summed E-state index contributed by atoms with van der Waals surface area (Å²) in [6, 6.07) is 9.41. The number of aliphatic hydroxyl groups excluding tert-OH is 1. The molecule has 0 radical (unpaired) electrons. The Morgan fingerprint density at radius 2 is 1.80 bits per heavy atom. The predicted octanol–water partition coefficient (Wildman–Crippen LogP) is 1.83. The molecular weight excluding hydrogens is 340 g/mol. The summed E-state index contributed by atoms with van der Waals surface area (Å²) in [7, 11) is 0. The van der Waals surface area contributed by atoms with E-state index in [0.29, 0.717) is 24.8 Å². The van der Waals surface area contributed by atoms with Gasteiger partial charge in [-0.3, -0.25) is 4.90 Å². The number of β-amino-alcohol motifs (C(OH)–C–C–N with tert-alkyl or cyclic N) is 1. The summed E-state index contributed by atoms with van der Waals surface area (Å²) in [5, 5.41) is 10.9. The van der Waals surface area contributed by atoms with Gasteiger partial charge in [-0.1, -0.05) is 29.8 Å². The average molecular weight is 363 g/mol. The number of rotatable bonds is 7. The number of piperazine rings is 1. The Kier molecular flexibility index (Phi) is 6.58. The molecule has 1 fully saturated rings. The Hall–Kier alpha value is -1.73. The molecule has 134 valence electrons. The minimum Gasteiger partial charge on any atom is -0.389 e. The molecular formula is C18H23ClN4O2. The third-order valence-corrected chi connectivity index (χ3v) is 4.57. The maximum atomic E-state index is 10.2. The Morgan fingerprint density at radius 3 is 2.52 bits per heavy atom. The average Bonchev–Trinajstić information content (AvgIpc) is 2.65. The molecule has 6 nitrogen and oxygen atoms in total. The lowest BCUT2D eigenvalue weighted by molar-refractivity contribution is 0.00912. The predicted molar refractivity (Wildman–Crippen MR) is 97.8 cm³/mol. The summed E-state index contributed by atoms with van der Waals surface area (Å²) < 4.78 is 5.60. The van der Waals surface area contributed by atoms with E-state index in [9.17, 15) is 5.11 Å². The first-order chi connectivity index (χ1) is 12.2. The van der Waals surface area contributed by atoms with Crippen LogP contribution in [0.3, 0.4) is 0 Å². The summed E-state index contributed by atoms with van der Waals surface area (Å²) in [4.78, 5) is 13.0. The van der Waals surface area contributed by atoms with Crippen LogP contribution in [0.1, 0.15) is 5.56 Å². The van der Waals surface area contributed by atoms with Crippen LogP contribution >= 0.6 is 11.6 Å². The molecule has 0 spiro atoms. The van der Waals surface area contributed by atoms with Gasteiger partial charge in [-0.2, -0.15) is 0 Å². The van der Waals surface area contributed by atoms with Crippen LogP contribution in [-0.4, -0.2) is 65.4 Å². The Balaban J connectivity index is 1.36. The monoisotopic (exact) mass is 362 g/mol. The van der Waals surface area contributed by atoms with Gasteiger partial charge in [-0.25, -0.2) is 9.97 Å². The topological polar surface area (TPSA) is 61.7 Å². The number of halogens is 1. The number of aliphatic hydroxyl groups is 1. The van der Waals surface area contributed by atoms with Crippen LogP contribution in [0.5, 0.6) is 0 Å². The SMILES string of the molecule is OC(COCc1ccccc1Cl)CN1CCN(c2ncccn2)CC1. The summed E-state index contributed by atoms with van der Waals surface area (Å²) >= 11 is 6.09. The molecule has 1 saturated heterocycles. The molecule has 0 saturated carbocycles. The maximum Gasteiger partial charge on any atom is 0.225 e. The molecule has 1 aliphatic heterocycles. The molecule has 1 atom stereocenters. The number of aromatic nitrogens is 2. The molecule has 2 aromatic rings. The highest BCUT2D eigenvalue weighted by molar-refractivity contribution is 6.31. The third-order valence-electron chi connectivity index (χ3n) is 4.20. The smallest absolute Gasteiger partial charge is 0.225 e. The van der Waals surface area contributed by atoms with Crippen molar-refractivity contribution in [3.8, 4) is 0 Å². The summed E-state index contributed by atoms with van der Waals surface area (Å²) in [5.74, 6) is 0.769. The van der Waals surface area contributed by atoms with Crippen molar-refractivity contribution in [3.63, 3.8) is 0 Å². The second-order valence-corrected chi connectivity index (χ2v) is 6.50. The van der Waals surface area contributed by atoms with Gasteiger partial charge in [-0.05, 0) is 17.7 Å². The number of anilines is 1. The fraction of sp³-hybridized carbons (Fsp3) is 0.444. The van der Waals surface area contributed by atoms with E-state index in [-0.39, 0.29) is 0 Å². The minimum absolute atomic E-state index is 0.299. The van der Waals surface area contributed by atoms with Crippen molar-refractivity contribution in [2.45, 2.75) is 12.7 Å². The van der Waals surface area contributed by atoms with E-state index in [4.69, 9.17) is 16.3 Å². The van der Waals surface area contributed by atoms with E-state index >= 15 is 0 Å². The van der Waals surface area contributed by atoms with Crippen LogP contribution in [0.15, 0.2) is 42.7 Å². The van der Waals surface area contributed by atoms with Crippen molar-refractivity contribution in [1.82, 2.24) is 14.9 Å². The largest absolute Gasteiger partial charge is 0.389 e. The zero-order valence-corrected chi connectivity index (χ0v) is 14.8. The van der Waals surface area contributed by atoms with E-state index in [1.807, 2.05) is 30.3 Å². The molecule has 3 rings (SSSR count). The van der Waals surface area contributed by atoms with E-state index in [1.165, 1.54) is 0 Å². The molecule has 7 heteroatoms. The van der Waals surface area contributed by atoms with Crippen LogP contribution in [0.4, 0.5) is 5.95 Å². The fourth-order valence-corrected chi connectivity index (χ4v) is 3.05. The van der Waals surface area contributed by atoms with Gasteiger partial charge in [-0.15, -0.1) is 0 Å². The van der Waals surface area contributed by atoms with Crippen molar-refractivity contribution in [3.05, 3.63) is 53.3 Å². The number of nitrogens with zero attached hydrogens (tertiary/aromatic N) is 4. The van der Waals surface area contributed by atoms with Gasteiger partial charge in [0.2, 0.25) is 5.95 Å². The molecule has 0 aliphatic carbocycles. The van der Waals surface area contributed by atoms with Gasteiger partial charge in [0, 0.05) is 50.1 Å². The first kappa shape index (κ1) is 18.1. The number of ether oxygens (including phenoxy) is 1. The van der Waals surface area contributed by atoms with E-state index in [1.54, 1.807) is 12.4 Å². The lowest BCUT2D eigenvalue weighted by atomic mass is 10.2. The zero-order valence-electron chi connectivity index (χ0n) is 14.1. The maximum absolute atomic E-state index is 10.2. The van der Waals surface area contributed by atoms with E-state index in [2.05, 4.69) is 19.8 Å². The van der Waals surface area contributed by atoms with Crippen LogP contribution in [0.2, 0.25) is 5.02 Å². The van der Waals surface area contributed by atoms with Gasteiger partial charge in [0.25, 0.3) is 0 Å². The Morgan fingerprint density at radius 1 is 1.08 bits per heavy atom. The molecule has 25 heavy (non-hydrogen) atoms. The van der Waals surface area contributed by atoms with Crippen molar-refractivity contribution < 1.29 is 9.84 Å². The van der Waals surface area contributed by atoms with Gasteiger partial charge in [0.15, 0.2) is 0 Å². The Labute approximate surface area is 153 Å². The highest BCUT2D eigenvalue weighted by Crippen LogP contribution is 2.16. The van der Waals surface area contributed by atoms with Gasteiger partial charge < -0.3 is 14.7 Å². The van der Waals surface area contributed by atoms with E-state index < -0.39 is 6.10 Å². The zero-order chi connectivity index (χ0) is 17.5. The molecule has 1 aliphatic rings. The Bertz CT molecular complexity index is 651. The first-order valence-electron chi connectivity index (χ1n) is 8.46. The summed E-state index contributed by atoms with van der Waals surface area (Å²) in [6.07, 6.45) is 3.01. The highest BCUT2D eigenvalue weighted by atomic mass is 35.5. The summed E-state index contributed by atoms with van der Waals surface area (Å²) in [5.41, 5.74) is 0.938. The van der Waals surface area contributed by atoms with E-state index in [0.717, 1.165) is 37.7 Å². The van der Waals surface area contributed by atoms with Gasteiger partial charge >= 0.3 is 0 Å². The molecule has 0 bridgehead atoms. The third kappa shape index (κ3) is 5.37. The van der Waals surface area contributed by atoms with Crippen LogP contribution < -0.4 is 4.90 Å². The molecule has 1 N–H and O–H groups in total. The van der Waals surface area contributed by atoms with Crippen molar-refractivity contribution in [2.24, 2.45) is 0 Å². The van der Waals surface area contributed by atoms with Gasteiger partial charge in [0.05, 0.1) is 19.3 Å². The number of hydrogen-bond donors (Lipinski definition) is 1. The summed E-state index contributed by atoms with van der Waals surface area (Å²) in [6.45, 7) is 4.78. The fourth-order valence-electron chi connectivity index (χ4n) is 2.86.